The van der Waals surface area contributed by atoms with E-state index in [2.05, 4.69) is 11.0 Å². The highest BCUT2D eigenvalue weighted by atomic mass is 35.5. The van der Waals surface area contributed by atoms with Crippen molar-refractivity contribution in [2.24, 2.45) is 0 Å². The molecule has 6 nitrogen and oxygen atoms in total. The van der Waals surface area contributed by atoms with Crippen LogP contribution in [0.5, 0.6) is 11.5 Å². The van der Waals surface area contributed by atoms with Crippen molar-refractivity contribution in [3.8, 4) is 11.5 Å². The molecule has 1 saturated heterocycles. The number of nitrogens with zero attached hydrogens (tertiary/aromatic N) is 2. The Balaban J connectivity index is 1.66. The molecule has 2 aromatic carbocycles. The number of ether oxygens (including phenoxy) is 2. The first-order chi connectivity index (χ1) is 12.1. The Kier molecular flexibility index (Phi) is 4.13. The van der Waals surface area contributed by atoms with Gasteiger partial charge in [0.1, 0.15) is 13.2 Å². The predicted molar refractivity (Wildman–Crippen MR) is 94.9 cm³/mol. The number of benzene rings is 2. The molecule has 130 valence electrons. The van der Waals surface area contributed by atoms with Crippen LogP contribution >= 0.6 is 11.6 Å². The van der Waals surface area contributed by atoms with E-state index in [4.69, 9.17) is 21.1 Å². The molecule has 0 amide bonds. The monoisotopic (exact) mass is 360 g/mol. The number of fused-ring (bicyclic) bond motifs is 1. The average molecular weight is 361 g/mol. The minimum Gasteiger partial charge on any atom is -0.486 e. The molecule has 0 N–H and O–H groups in total. The van der Waals surface area contributed by atoms with E-state index < -0.39 is 4.92 Å². The first kappa shape index (κ1) is 16.0. The molecular weight excluding hydrogens is 344 g/mol. The Hall–Kier alpha value is -2.47. The number of nitro benzene ring substituents is 1. The maximum atomic E-state index is 10.9. The van der Waals surface area contributed by atoms with E-state index in [1.807, 2.05) is 12.1 Å². The predicted octanol–water partition coefficient (Wildman–Crippen LogP) is 4.36. The lowest BCUT2D eigenvalue weighted by atomic mass is 10.0. The molecule has 1 atom stereocenters. The van der Waals surface area contributed by atoms with Crippen LogP contribution in [0.4, 0.5) is 11.4 Å². The molecule has 2 aromatic rings. The van der Waals surface area contributed by atoms with Gasteiger partial charge in [0.25, 0.3) is 5.69 Å². The molecule has 25 heavy (non-hydrogen) atoms. The second-order valence-corrected chi connectivity index (χ2v) is 6.55. The molecule has 0 bridgehead atoms. The summed E-state index contributed by atoms with van der Waals surface area (Å²) in [6.07, 6.45) is 2.03. The van der Waals surface area contributed by atoms with Gasteiger partial charge in [-0.15, -0.1) is 0 Å². The van der Waals surface area contributed by atoms with Gasteiger partial charge < -0.3 is 14.4 Å². The minimum absolute atomic E-state index is 0.00354. The van der Waals surface area contributed by atoms with Gasteiger partial charge in [0.2, 0.25) is 0 Å². The lowest BCUT2D eigenvalue weighted by Gasteiger charge is -2.29. The number of halogens is 1. The number of nitro groups is 1. The van der Waals surface area contributed by atoms with E-state index in [1.165, 1.54) is 12.1 Å². The number of hydrogen-bond donors (Lipinski definition) is 0. The third-order valence-corrected chi connectivity index (χ3v) is 4.96. The lowest BCUT2D eigenvalue weighted by molar-refractivity contribution is -0.384. The van der Waals surface area contributed by atoms with Crippen LogP contribution in [0.3, 0.4) is 0 Å². The standard InChI is InChI=1S/C18H17ClN2O4/c19-14-11-13(21(22)23)4-5-16(14)20-7-1-2-15(20)12-3-6-17-18(10-12)25-9-8-24-17/h3-6,10-11,15H,1-2,7-9H2. The van der Waals surface area contributed by atoms with Crippen molar-refractivity contribution in [1.82, 2.24) is 0 Å². The van der Waals surface area contributed by atoms with Gasteiger partial charge in [-0.1, -0.05) is 17.7 Å². The van der Waals surface area contributed by atoms with Gasteiger partial charge in [-0.05, 0) is 36.6 Å². The van der Waals surface area contributed by atoms with Crippen molar-refractivity contribution >= 4 is 23.0 Å². The van der Waals surface area contributed by atoms with E-state index >= 15 is 0 Å². The zero-order valence-electron chi connectivity index (χ0n) is 13.5. The third-order valence-electron chi connectivity index (χ3n) is 4.66. The topological polar surface area (TPSA) is 64.8 Å². The Labute approximate surface area is 150 Å². The average Bonchev–Trinajstić information content (AvgIpc) is 3.10. The Bertz CT molecular complexity index is 827. The molecular formula is C18H17ClN2O4. The number of non-ortho nitro benzene ring substituents is 1. The van der Waals surface area contributed by atoms with E-state index in [0.29, 0.717) is 18.2 Å². The molecule has 0 radical (unpaired) electrons. The van der Waals surface area contributed by atoms with Crippen molar-refractivity contribution in [3.63, 3.8) is 0 Å². The molecule has 2 aliphatic rings. The van der Waals surface area contributed by atoms with Crippen LogP contribution in [0.2, 0.25) is 5.02 Å². The molecule has 7 heteroatoms. The highest BCUT2D eigenvalue weighted by Gasteiger charge is 2.29. The highest BCUT2D eigenvalue weighted by molar-refractivity contribution is 6.33. The van der Waals surface area contributed by atoms with Crippen LogP contribution in [-0.4, -0.2) is 24.7 Å². The lowest BCUT2D eigenvalue weighted by Crippen LogP contribution is -2.23. The van der Waals surface area contributed by atoms with Crippen LogP contribution < -0.4 is 14.4 Å². The Morgan fingerprint density at radius 2 is 1.92 bits per heavy atom. The van der Waals surface area contributed by atoms with E-state index in [-0.39, 0.29) is 11.7 Å². The van der Waals surface area contributed by atoms with Gasteiger partial charge in [-0.2, -0.15) is 0 Å². The molecule has 0 aromatic heterocycles. The molecule has 0 saturated carbocycles. The second kappa shape index (κ2) is 6.44. The molecule has 0 aliphatic carbocycles. The van der Waals surface area contributed by atoms with Gasteiger partial charge in [0.15, 0.2) is 11.5 Å². The normalized spacial score (nSPS) is 19.1. The summed E-state index contributed by atoms with van der Waals surface area (Å²) in [5.41, 5.74) is 1.96. The number of rotatable bonds is 3. The van der Waals surface area contributed by atoms with Crippen LogP contribution in [0.15, 0.2) is 36.4 Å². The van der Waals surface area contributed by atoms with Gasteiger partial charge in [-0.25, -0.2) is 0 Å². The summed E-state index contributed by atoms with van der Waals surface area (Å²) in [6, 6.07) is 10.8. The summed E-state index contributed by atoms with van der Waals surface area (Å²) in [5.74, 6) is 1.54. The summed E-state index contributed by atoms with van der Waals surface area (Å²) in [7, 11) is 0. The van der Waals surface area contributed by atoms with Crippen molar-refractivity contribution in [3.05, 3.63) is 57.1 Å². The van der Waals surface area contributed by atoms with Crippen LogP contribution in [0.1, 0.15) is 24.4 Å². The fourth-order valence-corrected chi connectivity index (χ4v) is 3.79. The summed E-state index contributed by atoms with van der Waals surface area (Å²) in [4.78, 5) is 12.7. The fourth-order valence-electron chi connectivity index (χ4n) is 3.51. The van der Waals surface area contributed by atoms with Crippen LogP contribution in [0, 0.1) is 10.1 Å². The SMILES string of the molecule is O=[N+]([O-])c1ccc(N2CCCC2c2ccc3c(c2)OCCO3)c(Cl)c1. The van der Waals surface area contributed by atoms with Crippen molar-refractivity contribution in [1.29, 1.82) is 0 Å². The Morgan fingerprint density at radius 1 is 1.12 bits per heavy atom. The summed E-state index contributed by atoms with van der Waals surface area (Å²) in [5, 5.41) is 11.3. The molecule has 1 fully saturated rings. The summed E-state index contributed by atoms with van der Waals surface area (Å²) < 4.78 is 11.3. The highest BCUT2D eigenvalue weighted by Crippen LogP contribution is 2.42. The molecule has 2 aliphatic heterocycles. The second-order valence-electron chi connectivity index (χ2n) is 6.15. The van der Waals surface area contributed by atoms with Crippen molar-refractivity contribution < 1.29 is 14.4 Å². The summed E-state index contributed by atoms with van der Waals surface area (Å²) >= 11 is 6.33. The zero-order valence-corrected chi connectivity index (χ0v) is 14.2. The van der Waals surface area contributed by atoms with Crippen LogP contribution in [0.25, 0.3) is 0 Å². The first-order valence-corrected chi connectivity index (χ1v) is 8.61. The van der Waals surface area contributed by atoms with Gasteiger partial charge in [0.05, 0.1) is 21.7 Å². The summed E-state index contributed by atoms with van der Waals surface area (Å²) in [6.45, 7) is 1.98. The maximum absolute atomic E-state index is 10.9. The van der Waals surface area contributed by atoms with Gasteiger partial charge in [-0.3, -0.25) is 10.1 Å². The minimum atomic E-state index is -0.433. The fraction of sp³-hybridized carbons (Fsp3) is 0.333. The molecule has 0 spiro atoms. The smallest absolute Gasteiger partial charge is 0.271 e. The van der Waals surface area contributed by atoms with Gasteiger partial charge in [0, 0.05) is 18.7 Å². The van der Waals surface area contributed by atoms with Crippen molar-refractivity contribution in [2.45, 2.75) is 18.9 Å². The molecule has 4 rings (SSSR count). The van der Waals surface area contributed by atoms with Crippen molar-refractivity contribution in [2.75, 3.05) is 24.7 Å². The van der Waals surface area contributed by atoms with Gasteiger partial charge >= 0.3 is 0 Å². The largest absolute Gasteiger partial charge is 0.486 e. The van der Waals surface area contributed by atoms with Crippen LogP contribution in [-0.2, 0) is 0 Å². The maximum Gasteiger partial charge on any atom is 0.271 e. The molecule has 1 unspecified atom stereocenters. The van der Waals surface area contributed by atoms with E-state index in [0.717, 1.165) is 42.1 Å². The molecule has 2 heterocycles. The zero-order chi connectivity index (χ0) is 17.4. The third kappa shape index (κ3) is 2.98. The van der Waals surface area contributed by atoms with E-state index in [1.54, 1.807) is 6.07 Å². The van der Waals surface area contributed by atoms with E-state index in [9.17, 15) is 10.1 Å². The first-order valence-electron chi connectivity index (χ1n) is 8.23. The Morgan fingerprint density at radius 3 is 2.68 bits per heavy atom. The number of hydrogen-bond acceptors (Lipinski definition) is 5. The number of anilines is 1. The quantitative estimate of drug-likeness (QED) is 0.601.